The van der Waals surface area contributed by atoms with Crippen molar-refractivity contribution < 1.29 is 5.11 Å². The topological polar surface area (TPSA) is 38.0 Å². The fourth-order valence-electron chi connectivity index (χ4n) is 2.77. The summed E-state index contributed by atoms with van der Waals surface area (Å²) in [4.78, 5) is 4.00. The van der Waals surface area contributed by atoms with E-state index in [4.69, 9.17) is 0 Å². The average molecular weight is 236 g/mol. The van der Waals surface area contributed by atoms with Crippen molar-refractivity contribution in [3.8, 4) is 0 Å². The molecule has 1 aromatic rings. The standard InChI is InChI=1S/C14H24N2O/c17-14(8-10-16-11-9-15-12-16)7-6-13-4-2-1-3-5-13/h9,11-14,17H,1-8,10H2. The fourth-order valence-corrected chi connectivity index (χ4v) is 2.77. The van der Waals surface area contributed by atoms with E-state index in [1.54, 1.807) is 6.20 Å². The van der Waals surface area contributed by atoms with E-state index in [2.05, 4.69) is 4.98 Å². The lowest BCUT2D eigenvalue weighted by atomic mass is 9.85. The molecule has 0 bridgehead atoms. The van der Waals surface area contributed by atoms with E-state index in [1.165, 1.54) is 38.5 Å². The maximum Gasteiger partial charge on any atom is 0.0945 e. The zero-order valence-electron chi connectivity index (χ0n) is 10.6. The zero-order chi connectivity index (χ0) is 11.9. The Morgan fingerprint density at radius 3 is 2.76 bits per heavy atom. The summed E-state index contributed by atoms with van der Waals surface area (Å²) in [6.45, 7) is 0.881. The van der Waals surface area contributed by atoms with Crippen molar-refractivity contribution in [1.29, 1.82) is 0 Å². The van der Waals surface area contributed by atoms with Gasteiger partial charge in [0.15, 0.2) is 0 Å². The first-order chi connectivity index (χ1) is 8.34. The summed E-state index contributed by atoms with van der Waals surface area (Å²) in [7, 11) is 0. The van der Waals surface area contributed by atoms with Crippen LogP contribution in [-0.2, 0) is 6.54 Å². The molecule has 17 heavy (non-hydrogen) atoms. The first-order valence-electron chi connectivity index (χ1n) is 6.98. The molecule has 0 aliphatic heterocycles. The van der Waals surface area contributed by atoms with Gasteiger partial charge in [0.1, 0.15) is 0 Å². The summed E-state index contributed by atoms with van der Waals surface area (Å²) in [5.41, 5.74) is 0. The second-order valence-corrected chi connectivity index (χ2v) is 5.32. The van der Waals surface area contributed by atoms with Crippen molar-refractivity contribution in [2.75, 3.05) is 0 Å². The van der Waals surface area contributed by atoms with Gasteiger partial charge in [-0.3, -0.25) is 0 Å². The zero-order valence-corrected chi connectivity index (χ0v) is 10.6. The molecule has 1 unspecified atom stereocenters. The molecule has 1 saturated carbocycles. The van der Waals surface area contributed by atoms with Crippen LogP contribution in [0.4, 0.5) is 0 Å². The van der Waals surface area contributed by atoms with Crippen molar-refractivity contribution in [3.63, 3.8) is 0 Å². The molecule has 0 spiro atoms. The van der Waals surface area contributed by atoms with Gasteiger partial charge in [0.25, 0.3) is 0 Å². The van der Waals surface area contributed by atoms with Gasteiger partial charge in [0.05, 0.1) is 12.4 Å². The second-order valence-electron chi connectivity index (χ2n) is 5.32. The number of aromatic nitrogens is 2. The molecule has 3 heteroatoms. The van der Waals surface area contributed by atoms with Crippen molar-refractivity contribution >= 4 is 0 Å². The minimum Gasteiger partial charge on any atom is -0.393 e. The third-order valence-corrected chi connectivity index (χ3v) is 3.91. The van der Waals surface area contributed by atoms with Crippen LogP contribution < -0.4 is 0 Å². The van der Waals surface area contributed by atoms with Crippen LogP contribution in [0.5, 0.6) is 0 Å². The Morgan fingerprint density at radius 1 is 1.24 bits per heavy atom. The van der Waals surface area contributed by atoms with Crippen LogP contribution in [0.15, 0.2) is 18.7 Å². The molecule has 1 N–H and O–H groups in total. The monoisotopic (exact) mass is 236 g/mol. The van der Waals surface area contributed by atoms with Crippen molar-refractivity contribution in [2.45, 2.75) is 64.0 Å². The fraction of sp³-hybridized carbons (Fsp3) is 0.786. The van der Waals surface area contributed by atoms with Crippen LogP contribution in [0.25, 0.3) is 0 Å². The highest BCUT2D eigenvalue weighted by molar-refractivity contribution is 4.75. The number of rotatable bonds is 6. The summed E-state index contributed by atoms with van der Waals surface area (Å²) >= 11 is 0. The molecule has 96 valence electrons. The van der Waals surface area contributed by atoms with Gasteiger partial charge in [-0.2, -0.15) is 0 Å². The van der Waals surface area contributed by atoms with Crippen LogP contribution in [0.3, 0.4) is 0 Å². The van der Waals surface area contributed by atoms with Gasteiger partial charge in [0, 0.05) is 18.9 Å². The Bertz CT molecular complexity index is 291. The number of imidazole rings is 1. The summed E-state index contributed by atoms with van der Waals surface area (Å²) < 4.78 is 2.03. The van der Waals surface area contributed by atoms with Gasteiger partial charge in [-0.25, -0.2) is 4.98 Å². The Hall–Kier alpha value is -0.830. The summed E-state index contributed by atoms with van der Waals surface area (Å²) in [5, 5.41) is 9.94. The van der Waals surface area contributed by atoms with Crippen LogP contribution >= 0.6 is 0 Å². The minimum absolute atomic E-state index is 0.140. The van der Waals surface area contributed by atoms with Crippen LogP contribution in [-0.4, -0.2) is 20.8 Å². The van der Waals surface area contributed by atoms with E-state index in [-0.39, 0.29) is 6.10 Å². The van der Waals surface area contributed by atoms with Gasteiger partial charge in [-0.05, 0) is 25.2 Å². The molecule has 1 aliphatic rings. The highest BCUT2D eigenvalue weighted by Gasteiger charge is 2.15. The smallest absolute Gasteiger partial charge is 0.0945 e. The molecule has 1 atom stereocenters. The van der Waals surface area contributed by atoms with Crippen molar-refractivity contribution in [2.24, 2.45) is 5.92 Å². The van der Waals surface area contributed by atoms with Gasteiger partial charge in [-0.15, -0.1) is 0 Å². The summed E-state index contributed by atoms with van der Waals surface area (Å²) in [6.07, 6.45) is 15.4. The number of aryl methyl sites for hydroxylation is 1. The van der Waals surface area contributed by atoms with Crippen molar-refractivity contribution in [3.05, 3.63) is 18.7 Å². The van der Waals surface area contributed by atoms with Gasteiger partial charge in [0.2, 0.25) is 0 Å². The number of aliphatic hydroxyl groups excluding tert-OH is 1. The molecular weight excluding hydrogens is 212 g/mol. The predicted molar refractivity (Wildman–Crippen MR) is 68.7 cm³/mol. The maximum absolute atomic E-state index is 9.94. The van der Waals surface area contributed by atoms with Gasteiger partial charge >= 0.3 is 0 Å². The number of aliphatic hydroxyl groups is 1. The first-order valence-corrected chi connectivity index (χ1v) is 6.98. The molecule has 0 aromatic carbocycles. The predicted octanol–water partition coefficient (Wildman–Crippen LogP) is 2.99. The maximum atomic E-state index is 9.94. The second kappa shape index (κ2) is 6.80. The molecule has 1 fully saturated rings. The van der Waals surface area contributed by atoms with Gasteiger partial charge < -0.3 is 9.67 Å². The Balaban J connectivity index is 1.58. The van der Waals surface area contributed by atoms with E-state index in [1.807, 2.05) is 17.1 Å². The Morgan fingerprint density at radius 2 is 2.06 bits per heavy atom. The SMILES string of the molecule is OC(CCC1CCCCC1)CCn1ccnc1. The minimum atomic E-state index is -0.140. The quantitative estimate of drug-likeness (QED) is 0.824. The lowest BCUT2D eigenvalue weighted by molar-refractivity contribution is 0.135. The third kappa shape index (κ3) is 4.50. The molecule has 0 saturated heterocycles. The first kappa shape index (κ1) is 12.6. The van der Waals surface area contributed by atoms with E-state index in [9.17, 15) is 5.11 Å². The third-order valence-electron chi connectivity index (χ3n) is 3.91. The molecular formula is C14H24N2O. The van der Waals surface area contributed by atoms with Crippen molar-refractivity contribution in [1.82, 2.24) is 9.55 Å². The summed E-state index contributed by atoms with van der Waals surface area (Å²) in [6, 6.07) is 0. The van der Waals surface area contributed by atoms with E-state index in [0.717, 1.165) is 25.3 Å². The summed E-state index contributed by atoms with van der Waals surface area (Å²) in [5.74, 6) is 0.881. The lowest BCUT2D eigenvalue weighted by Crippen LogP contribution is -2.14. The largest absolute Gasteiger partial charge is 0.393 e. The molecule has 3 nitrogen and oxygen atoms in total. The normalized spacial score (nSPS) is 19.4. The number of hydrogen-bond donors (Lipinski definition) is 1. The van der Waals surface area contributed by atoms with E-state index < -0.39 is 0 Å². The number of hydrogen-bond acceptors (Lipinski definition) is 2. The molecule has 2 rings (SSSR count). The Labute approximate surface area is 104 Å². The highest BCUT2D eigenvalue weighted by Crippen LogP contribution is 2.27. The van der Waals surface area contributed by atoms with E-state index >= 15 is 0 Å². The molecule has 1 heterocycles. The lowest BCUT2D eigenvalue weighted by Gasteiger charge is -2.22. The Kier molecular flexibility index (Phi) is 5.05. The average Bonchev–Trinajstić information content (AvgIpc) is 2.88. The highest BCUT2D eigenvalue weighted by atomic mass is 16.3. The number of nitrogens with zero attached hydrogens (tertiary/aromatic N) is 2. The van der Waals surface area contributed by atoms with Crippen LogP contribution in [0, 0.1) is 5.92 Å². The van der Waals surface area contributed by atoms with Gasteiger partial charge in [-0.1, -0.05) is 32.1 Å². The van der Waals surface area contributed by atoms with Crippen LogP contribution in [0.1, 0.15) is 51.4 Å². The van der Waals surface area contributed by atoms with Crippen LogP contribution in [0.2, 0.25) is 0 Å². The molecule has 0 amide bonds. The van der Waals surface area contributed by atoms with E-state index in [0.29, 0.717) is 0 Å². The molecule has 0 radical (unpaired) electrons. The molecule has 1 aromatic heterocycles. The molecule has 1 aliphatic carbocycles.